The molecule has 2 aromatic carbocycles. The second kappa shape index (κ2) is 8.45. The number of anilines is 1. The van der Waals surface area contributed by atoms with Crippen molar-refractivity contribution >= 4 is 39.5 Å². The van der Waals surface area contributed by atoms with Gasteiger partial charge in [-0.05, 0) is 71.7 Å². The number of hydrogen-bond donors (Lipinski definition) is 1. The lowest BCUT2D eigenvalue weighted by atomic mass is 10.1. The van der Waals surface area contributed by atoms with Crippen LogP contribution in [0.1, 0.15) is 25.0 Å². The van der Waals surface area contributed by atoms with E-state index in [0.29, 0.717) is 10.0 Å². The van der Waals surface area contributed by atoms with Crippen LogP contribution in [0, 0.1) is 0 Å². The van der Waals surface area contributed by atoms with E-state index in [1.807, 2.05) is 0 Å². The summed E-state index contributed by atoms with van der Waals surface area (Å²) < 4.78 is 44.2. The van der Waals surface area contributed by atoms with Gasteiger partial charge in [0.15, 0.2) is 5.60 Å². The topological polar surface area (TPSA) is 87.2 Å². The molecule has 0 aromatic heterocycles. The number of carbonyl (C=O) groups excluding carboxylic acids is 2. The van der Waals surface area contributed by atoms with Gasteiger partial charge in [-0.15, -0.1) is 0 Å². The molecule has 0 unspecified atom stereocenters. The average Bonchev–Trinajstić information content (AvgIpc) is 2.97. The molecule has 1 aliphatic rings. The number of imide groups is 1. The van der Waals surface area contributed by atoms with Crippen LogP contribution in [-0.4, -0.2) is 40.1 Å². The molecule has 1 saturated heterocycles. The molecule has 0 bridgehead atoms. The molecule has 11 heteroatoms. The molecule has 0 atom stereocenters. The first kappa shape index (κ1) is 23.6. The monoisotopic (exact) mass is 514 g/mol. The molecule has 0 aliphatic carbocycles. The minimum atomic E-state index is -4.50. The lowest BCUT2D eigenvalue weighted by Crippen LogP contribution is -2.38. The zero-order chi connectivity index (χ0) is 23.8. The Hall–Kier alpha value is -3.08. The Morgan fingerprint density at radius 1 is 1.12 bits per heavy atom. The molecule has 0 spiro atoms. The van der Waals surface area contributed by atoms with Gasteiger partial charge in [0.1, 0.15) is 12.3 Å². The number of aliphatic carboxylic acids is 1. The number of urea groups is 1. The molecule has 3 amide bonds. The van der Waals surface area contributed by atoms with Crippen molar-refractivity contribution in [2.45, 2.75) is 32.2 Å². The lowest BCUT2D eigenvalue weighted by Gasteiger charge is -2.23. The number of amides is 3. The number of halogens is 4. The molecule has 1 fully saturated rings. The highest BCUT2D eigenvalue weighted by Gasteiger charge is 2.38. The molecule has 1 heterocycles. The second-order valence-corrected chi connectivity index (χ2v) is 8.43. The highest BCUT2D eigenvalue weighted by molar-refractivity contribution is 9.10. The lowest BCUT2D eigenvalue weighted by molar-refractivity contribution is -0.152. The van der Waals surface area contributed by atoms with E-state index in [4.69, 9.17) is 4.74 Å². The Balaban J connectivity index is 1.74. The summed E-state index contributed by atoms with van der Waals surface area (Å²) >= 11 is 3.29. The summed E-state index contributed by atoms with van der Waals surface area (Å²) in [7, 11) is 0. The van der Waals surface area contributed by atoms with Gasteiger partial charge in [0.05, 0.1) is 16.6 Å². The van der Waals surface area contributed by atoms with Crippen molar-refractivity contribution in [2.24, 2.45) is 0 Å². The fourth-order valence-electron chi connectivity index (χ4n) is 2.96. The van der Waals surface area contributed by atoms with E-state index in [1.165, 1.54) is 19.9 Å². The third-order valence-electron chi connectivity index (χ3n) is 4.78. The van der Waals surface area contributed by atoms with Gasteiger partial charge in [0, 0.05) is 5.69 Å². The predicted molar refractivity (Wildman–Crippen MR) is 111 cm³/mol. The van der Waals surface area contributed by atoms with Crippen LogP contribution in [-0.2, 0) is 22.3 Å². The number of carboxylic acids is 1. The summed E-state index contributed by atoms with van der Waals surface area (Å²) in [4.78, 5) is 38.4. The summed E-state index contributed by atoms with van der Waals surface area (Å²) in [6.07, 6.45) is -4.50. The number of rotatable bonds is 6. The van der Waals surface area contributed by atoms with Crippen molar-refractivity contribution in [1.82, 2.24) is 4.90 Å². The molecule has 1 N–H and O–H groups in total. The predicted octanol–water partition coefficient (Wildman–Crippen LogP) is 4.68. The third kappa shape index (κ3) is 4.87. The molecule has 7 nitrogen and oxygen atoms in total. The molecular formula is C21H18BrF3N2O5. The molecule has 3 rings (SSSR count). The molecule has 0 saturated carbocycles. The summed E-state index contributed by atoms with van der Waals surface area (Å²) in [6.45, 7) is 2.43. The second-order valence-electron chi connectivity index (χ2n) is 7.58. The minimum Gasteiger partial charge on any atom is -0.478 e. The van der Waals surface area contributed by atoms with Crippen molar-refractivity contribution in [3.63, 3.8) is 0 Å². The quantitative estimate of drug-likeness (QED) is 0.565. The van der Waals surface area contributed by atoms with Gasteiger partial charge in [0.2, 0.25) is 0 Å². The van der Waals surface area contributed by atoms with Crippen LogP contribution >= 0.6 is 15.9 Å². The van der Waals surface area contributed by atoms with E-state index < -0.39 is 35.2 Å². The van der Waals surface area contributed by atoms with E-state index in [2.05, 4.69) is 15.9 Å². The molecule has 32 heavy (non-hydrogen) atoms. The first-order valence-corrected chi connectivity index (χ1v) is 10.1. The maximum Gasteiger partial charge on any atom is 0.416 e. The van der Waals surface area contributed by atoms with Crippen molar-refractivity contribution in [3.8, 4) is 5.75 Å². The Bertz CT molecular complexity index is 1070. The van der Waals surface area contributed by atoms with Crippen LogP contribution in [0.4, 0.5) is 23.7 Å². The van der Waals surface area contributed by atoms with Crippen molar-refractivity contribution in [2.75, 3.05) is 11.4 Å². The number of hydrogen-bond acceptors (Lipinski definition) is 4. The Morgan fingerprint density at radius 3 is 2.28 bits per heavy atom. The van der Waals surface area contributed by atoms with Gasteiger partial charge in [-0.3, -0.25) is 14.6 Å². The molecular weight excluding hydrogens is 497 g/mol. The standard InChI is InChI=1S/C21H18BrF3N2O5/c1-20(2,18(29)30)32-16-8-3-12(9-15(16)22)10-27-17(28)11-26(19(27)31)14-6-4-13(5-7-14)21(23,24)25/h3-9H,10-11H2,1-2H3,(H,29,30). The molecule has 1 aliphatic heterocycles. The van der Waals surface area contributed by atoms with Crippen LogP contribution in [0.15, 0.2) is 46.9 Å². The molecule has 0 radical (unpaired) electrons. The molecule has 2 aromatic rings. The number of carboxylic acid groups (broad SMARTS) is 1. The maximum absolute atomic E-state index is 12.7. The normalized spacial score (nSPS) is 14.8. The number of alkyl halides is 3. The largest absolute Gasteiger partial charge is 0.478 e. The highest BCUT2D eigenvalue weighted by atomic mass is 79.9. The van der Waals surface area contributed by atoms with Gasteiger partial charge < -0.3 is 9.84 Å². The fourth-order valence-corrected chi connectivity index (χ4v) is 3.46. The zero-order valence-electron chi connectivity index (χ0n) is 16.9. The first-order chi connectivity index (χ1) is 14.8. The van der Waals surface area contributed by atoms with E-state index in [0.717, 1.165) is 34.1 Å². The average molecular weight is 515 g/mol. The van der Waals surface area contributed by atoms with Gasteiger partial charge >= 0.3 is 18.2 Å². The third-order valence-corrected chi connectivity index (χ3v) is 5.40. The number of ether oxygens (including phenoxy) is 1. The number of benzene rings is 2. The van der Waals surface area contributed by atoms with E-state index in [9.17, 15) is 32.7 Å². The smallest absolute Gasteiger partial charge is 0.416 e. The Morgan fingerprint density at radius 2 is 1.75 bits per heavy atom. The minimum absolute atomic E-state index is 0.0734. The van der Waals surface area contributed by atoms with E-state index >= 15 is 0 Å². The van der Waals surface area contributed by atoms with Gasteiger partial charge in [0.25, 0.3) is 5.91 Å². The number of carbonyl (C=O) groups is 3. The first-order valence-electron chi connectivity index (χ1n) is 9.29. The van der Waals surface area contributed by atoms with Crippen LogP contribution in [0.3, 0.4) is 0 Å². The van der Waals surface area contributed by atoms with Crippen LogP contribution < -0.4 is 9.64 Å². The van der Waals surface area contributed by atoms with Crippen LogP contribution in [0.2, 0.25) is 0 Å². The summed E-state index contributed by atoms with van der Waals surface area (Å²) in [5.74, 6) is -1.38. The highest BCUT2D eigenvalue weighted by Crippen LogP contribution is 2.33. The van der Waals surface area contributed by atoms with Gasteiger partial charge in [-0.2, -0.15) is 13.2 Å². The van der Waals surface area contributed by atoms with Crippen LogP contribution in [0.5, 0.6) is 5.75 Å². The van der Waals surface area contributed by atoms with Crippen molar-refractivity contribution < 1.29 is 37.4 Å². The molecule has 170 valence electrons. The fraction of sp³-hybridized carbons (Fsp3) is 0.286. The van der Waals surface area contributed by atoms with E-state index in [1.54, 1.807) is 12.1 Å². The van der Waals surface area contributed by atoms with Gasteiger partial charge in [-0.1, -0.05) is 6.07 Å². The summed E-state index contributed by atoms with van der Waals surface area (Å²) in [5, 5.41) is 9.19. The van der Waals surface area contributed by atoms with Crippen LogP contribution in [0.25, 0.3) is 0 Å². The summed E-state index contributed by atoms with van der Waals surface area (Å²) in [6, 6.07) is 8.03. The SMILES string of the molecule is CC(C)(Oc1ccc(CN2C(=O)CN(c3ccc(C(F)(F)F)cc3)C2=O)cc1Br)C(=O)O. The number of nitrogens with zero attached hydrogens (tertiary/aromatic N) is 2. The van der Waals surface area contributed by atoms with E-state index in [-0.39, 0.29) is 24.5 Å². The maximum atomic E-state index is 12.7. The zero-order valence-corrected chi connectivity index (χ0v) is 18.5. The van der Waals surface area contributed by atoms with Crippen molar-refractivity contribution in [1.29, 1.82) is 0 Å². The Kier molecular flexibility index (Phi) is 6.23. The van der Waals surface area contributed by atoms with Crippen molar-refractivity contribution in [3.05, 3.63) is 58.1 Å². The van der Waals surface area contributed by atoms with Gasteiger partial charge in [-0.25, -0.2) is 9.59 Å². The summed E-state index contributed by atoms with van der Waals surface area (Å²) in [5.41, 5.74) is -1.57. The Labute approximate surface area is 189 Å².